The van der Waals surface area contributed by atoms with Crippen LogP contribution in [0, 0.1) is 13.8 Å². The van der Waals surface area contributed by atoms with Gasteiger partial charge in [-0.05, 0) is 62.1 Å². The number of amides is 1. The molecule has 2 heterocycles. The number of hydrogen-bond acceptors (Lipinski definition) is 4. The number of methoxy groups -OCH3 is 1. The molecule has 1 aliphatic rings. The summed E-state index contributed by atoms with van der Waals surface area (Å²) in [6, 6.07) is 7.95. The maximum atomic E-state index is 12.4. The number of hydrogen-bond donors (Lipinski definition) is 1. The van der Waals surface area contributed by atoms with Gasteiger partial charge >= 0.3 is 0 Å². The zero-order chi connectivity index (χ0) is 19.6. The Morgan fingerprint density at radius 1 is 1.33 bits per heavy atom. The van der Waals surface area contributed by atoms with Gasteiger partial charge in [-0.3, -0.25) is 9.69 Å². The molecule has 1 saturated heterocycles. The molecule has 0 bridgehead atoms. The Kier molecular flexibility index (Phi) is 6.02. The number of aromatic nitrogens is 1. The first-order valence-corrected chi connectivity index (χ1v) is 9.59. The van der Waals surface area contributed by atoms with Gasteiger partial charge in [-0.1, -0.05) is 17.7 Å². The van der Waals surface area contributed by atoms with Crippen LogP contribution >= 0.6 is 11.6 Å². The molecule has 1 unspecified atom stereocenters. The van der Waals surface area contributed by atoms with E-state index < -0.39 is 0 Å². The van der Waals surface area contributed by atoms with Gasteiger partial charge in [0.25, 0.3) is 5.91 Å². The van der Waals surface area contributed by atoms with E-state index in [0.717, 1.165) is 25.3 Å². The first-order valence-electron chi connectivity index (χ1n) is 9.22. The number of benzene rings is 1. The summed E-state index contributed by atoms with van der Waals surface area (Å²) in [5.41, 5.74) is 4.02. The predicted octanol–water partition coefficient (Wildman–Crippen LogP) is 3.93. The van der Waals surface area contributed by atoms with Gasteiger partial charge in [0, 0.05) is 31.4 Å². The molecular formula is C21H26ClN3O2. The normalized spacial score (nSPS) is 18.3. The van der Waals surface area contributed by atoms with Crippen molar-refractivity contribution in [3.8, 4) is 5.75 Å². The molecule has 6 heteroatoms. The standard InChI is InChI=1S/C21H26ClN3O2/c1-13-14(2)19(27-4)8-7-17(13)15(3)25-11-9-16(12-25)24-21(26)20-18(22)6-5-10-23-20/h5-8,10,15-16H,9,11-12H2,1-4H3,(H,24,26)/t15?,16-/m1/s1. The maximum Gasteiger partial charge on any atom is 0.271 e. The van der Waals surface area contributed by atoms with Gasteiger partial charge in [0.05, 0.1) is 12.1 Å². The third-order valence-electron chi connectivity index (χ3n) is 5.53. The highest BCUT2D eigenvalue weighted by molar-refractivity contribution is 6.33. The molecule has 2 aromatic rings. The molecule has 1 aromatic carbocycles. The number of carbonyl (C=O) groups excluding carboxylic acids is 1. The fraction of sp³-hybridized carbons (Fsp3) is 0.429. The number of halogens is 1. The molecule has 0 saturated carbocycles. The van der Waals surface area contributed by atoms with Crippen molar-refractivity contribution in [1.29, 1.82) is 0 Å². The maximum absolute atomic E-state index is 12.4. The Morgan fingerprint density at radius 2 is 2.11 bits per heavy atom. The van der Waals surface area contributed by atoms with E-state index in [0.29, 0.717) is 5.02 Å². The zero-order valence-electron chi connectivity index (χ0n) is 16.3. The Hall–Kier alpha value is -2.11. The number of likely N-dealkylation sites (tertiary alicyclic amines) is 1. The molecule has 0 aliphatic carbocycles. The van der Waals surface area contributed by atoms with Gasteiger partial charge in [0.15, 0.2) is 0 Å². The Balaban J connectivity index is 1.66. The van der Waals surface area contributed by atoms with Crippen LogP contribution in [0.3, 0.4) is 0 Å². The largest absolute Gasteiger partial charge is 0.496 e. The summed E-state index contributed by atoms with van der Waals surface area (Å²) in [5, 5.41) is 3.45. The molecular weight excluding hydrogens is 362 g/mol. The van der Waals surface area contributed by atoms with Crippen LogP contribution in [-0.2, 0) is 0 Å². The summed E-state index contributed by atoms with van der Waals surface area (Å²) in [5.74, 6) is 0.707. The van der Waals surface area contributed by atoms with Crippen molar-refractivity contribution in [2.45, 2.75) is 39.3 Å². The molecule has 5 nitrogen and oxygen atoms in total. The Morgan fingerprint density at radius 3 is 2.81 bits per heavy atom. The van der Waals surface area contributed by atoms with E-state index in [9.17, 15) is 4.79 Å². The first kappa shape index (κ1) is 19.6. The van der Waals surface area contributed by atoms with Gasteiger partial charge in [0.2, 0.25) is 0 Å². The van der Waals surface area contributed by atoms with Crippen molar-refractivity contribution in [3.05, 3.63) is 57.9 Å². The highest BCUT2D eigenvalue weighted by Crippen LogP contribution is 2.32. The molecule has 144 valence electrons. The quantitative estimate of drug-likeness (QED) is 0.844. The lowest BCUT2D eigenvalue weighted by Crippen LogP contribution is -2.38. The molecule has 27 heavy (non-hydrogen) atoms. The number of carbonyl (C=O) groups is 1. The third kappa shape index (κ3) is 4.09. The second-order valence-corrected chi connectivity index (χ2v) is 7.48. The fourth-order valence-electron chi connectivity index (χ4n) is 3.75. The number of pyridine rings is 1. The SMILES string of the molecule is COc1ccc(C(C)N2CC[C@@H](NC(=O)c3ncccc3Cl)C2)c(C)c1C. The minimum atomic E-state index is -0.212. The summed E-state index contributed by atoms with van der Waals surface area (Å²) >= 11 is 6.08. The molecule has 1 amide bonds. The molecule has 3 rings (SSSR count). The van der Waals surface area contributed by atoms with E-state index in [4.69, 9.17) is 16.3 Å². The molecule has 0 radical (unpaired) electrons. The van der Waals surface area contributed by atoms with E-state index >= 15 is 0 Å². The summed E-state index contributed by atoms with van der Waals surface area (Å²) in [6.07, 6.45) is 2.49. The van der Waals surface area contributed by atoms with Gasteiger partial charge in [-0.15, -0.1) is 0 Å². The zero-order valence-corrected chi connectivity index (χ0v) is 17.0. The van der Waals surface area contributed by atoms with Crippen molar-refractivity contribution >= 4 is 17.5 Å². The Labute approximate surface area is 165 Å². The van der Waals surface area contributed by atoms with Crippen LogP contribution in [0.2, 0.25) is 5.02 Å². The van der Waals surface area contributed by atoms with Crippen LogP contribution in [0.1, 0.15) is 46.6 Å². The van der Waals surface area contributed by atoms with E-state index in [1.807, 2.05) is 6.07 Å². The van der Waals surface area contributed by atoms with Crippen molar-refractivity contribution in [1.82, 2.24) is 15.2 Å². The minimum Gasteiger partial charge on any atom is -0.496 e. The number of rotatable bonds is 5. The summed E-state index contributed by atoms with van der Waals surface area (Å²) in [7, 11) is 1.70. The van der Waals surface area contributed by atoms with Crippen LogP contribution in [0.4, 0.5) is 0 Å². The summed E-state index contributed by atoms with van der Waals surface area (Å²) in [4.78, 5) is 18.9. The van der Waals surface area contributed by atoms with E-state index in [1.165, 1.54) is 16.7 Å². The van der Waals surface area contributed by atoms with Crippen LogP contribution in [0.15, 0.2) is 30.5 Å². The average molecular weight is 388 g/mol. The van der Waals surface area contributed by atoms with Crippen molar-refractivity contribution in [2.75, 3.05) is 20.2 Å². The lowest BCUT2D eigenvalue weighted by atomic mass is 9.97. The van der Waals surface area contributed by atoms with E-state index in [2.05, 4.69) is 42.0 Å². The summed E-state index contributed by atoms with van der Waals surface area (Å²) < 4.78 is 5.42. The Bertz CT molecular complexity index is 840. The van der Waals surface area contributed by atoms with Crippen molar-refractivity contribution in [2.24, 2.45) is 0 Å². The predicted molar refractivity (Wildman–Crippen MR) is 108 cm³/mol. The molecule has 0 spiro atoms. The fourth-order valence-corrected chi connectivity index (χ4v) is 3.96. The second-order valence-electron chi connectivity index (χ2n) is 7.07. The van der Waals surface area contributed by atoms with Gasteiger partial charge in [-0.2, -0.15) is 0 Å². The molecule has 2 atom stereocenters. The van der Waals surface area contributed by atoms with E-state index in [-0.39, 0.29) is 23.7 Å². The van der Waals surface area contributed by atoms with Crippen molar-refractivity contribution in [3.63, 3.8) is 0 Å². The lowest BCUT2D eigenvalue weighted by molar-refractivity contribution is 0.0931. The highest BCUT2D eigenvalue weighted by Gasteiger charge is 2.29. The average Bonchev–Trinajstić information content (AvgIpc) is 3.12. The summed E-state index contributed by atoms with van der Waals surface area (Å²) in [6.45, 7) is 8.19. The minimum absolute atomic E-state index is 0.0951. The highest BCUT2D eigenvalue weighted by atomic mass is 35.5. The molecule has 1 aromatic heterocycles. The number of nitrogens with one attached hydrogen (secondary N) is 1. The van der Waals surface area contributed by atoms with E-state index in [1.54, 1.807) is 25.4 Å². The molecule has 1 aliphatic heterocycles. The van der Waals surface area contributed by atoms with Gasteiger partial charge in [-0.25, -0.2) is 4.98 Å². The number of ether oxygens (including phenoxy) is 1. The van der Waals surface area contributed by atoms with Crippen molar-refractivity contribution < 1.29 is 9.53 Å². The third-order valence-corrected chi connectivity index (χ3v) is 5.83. The monoisotopic (exact) mass is 387 g/mol. The van der Waals surface area contributed by atoms with Crippen LogP contribution in [-0.4, -0.2) is 42.0 Å². The van der Waals surface area contributed by atoms with Crippen LogP contribution in [0.25, 0.3) is 0 Å². The number of nitrogens with zero attached hydrogens (tertiary/aromatic N) is 2. The first-order chi connectivity index (χ1) is 12.9. The molecule has 1 fully saturated rings. The van der Waals surface area contributed by atoms with Crippen LogP contribution < -0.4 is 10.1 Å². The lowest BCUT2D eigenvalue weighted by Gasteiger charge is -2.27. The van der Waals surface area contributed by atoms with Gasteiger partial charge < -0.3 is 10.1 Å². The van der Waals surface area contributed by atoms with Gasteiger partial charge in [0.1, 0.15) is 11.4 Å². The molecule has 1 N–H and O–H groups in total. The second kappa shape index (κ2) is 8.28. The topological polar surface area (TPSA) is 54.5 Å². The smallest absolute Gasteiger partial charge is 0.271 e. The van der Waals surface area contributed by atoms with Crippen LogP contribution in [0.5, 0.6) is 5.75 Å².